The Hall–Kier alpha value is -2.35. The molecule has 1 heterocycles. The van der Waals surface area contributed by atoms with Crippen LogP contribution in [0.15, 0.2) is 59.8 Å². The van der Waals surface area contributed by atoms with E-state index in [1.165, 1.54) is 0 Å². The minimum Gasteiger partial charge on any atom is -0.494 e. The molecule has 8 heteroatoms. The van der Waals surface area contributed by atoms with Gasteiger partial charge >= 0.3 is 0 Å². The van der Waals surface area contributed by atoms with Crippen molar-refractivity contribution in [2.45, 2.75) is 31.6 Å². The number of sulfonamides is 1. The van der Waals surface area contributed by atoms with Crippen LogP contribution >= 0.6 is 11.6 Å². The second kappa shape index (κ2) is 9.43. The van der Waals surface area contributed by atoms with Crippen molar-refractivity contribution in [2.24, 2.45) is 0 Å². The normalized spacial score (nSPS) is 11.6. The highest BCUT2D eigenvalue weighted by Gasteiger charge is 2.16. The van der Waals surface area contributed by atoms with E-state index < -0.39 is 10.0 Å². The molecule has 0 atom stereocenters. The first-order valence-corrected chi connectivity index (χ1v) is 11.4. The summed E-state index contributed by atoms with van der Waals surface area (Å²) in [4.78, 5) is 4.44. The van der Waals surface area contributed by atoms with E-state index >= 15 is 0 Å². The molecule has 0 fully saturated rings. The fraction of sp³-hybridized carbons (Fsp3) is 0.286. The fourth-order valence-corrected chi connectivity index (χ4v) is 4.23. The van der Waals surface area contributed by atoms with Crippen LogP contribution in [0.4, 0.5) is 0 Å². The van der Waals surface area contributed by atoms with Crippen LogP contribution < -0.4 is 9.46 Å². The van der Waals surface area contributed by atoms with Gasteiger partial charge in [0.15, 0.2) is 5.15 Å². The van der Waals surface area contributed by atoms with Crippen molar-refractivity contribution < 1.29 is 13.2 Å². The third-order valence-corrected chi connectivity index (χ3v) is 6.16. The minimum atomic E-state index is -3.51. The number of ether oxygens (including phenoxy) is 1. The Morgan fingerprint density at radius 2 is 1.76 bits per heavy atom. The summed E-state index contributed by atoms with van der Waals surface area (Å²) in [7, 11) is -3.51. The zero-order chi connectivity index (χ0) is 20.9. The van der Waals surface area contributed by atoms with E-state index in [1.807, 2.05) is 42.7 Å². The van der Waals surface area contributed by atoms with Crippen LogP contribution in [0.25, 0.3) is 16.9 Å². The molecule has 0 bridgehead atoms. The second-order valence-corrected chi connectivity index (χ2v) is 8.58. The molecule has 154 valence electrons. The van der Waals surface area contributed by atoms with Crippen LogP contribution in [-0.2, 0) is 10.0 Å². The lowest BCUT2D eigenvalue weighted by molar-refractivity contribution is 0.340. The Morgan fingerprint density at radius 1 is 1.07 bits per heavy atom. The molecule has 29 heavy (non-hydrogen) atoms. The Morgan fingerprint density at radius 3 is 2.38 bits per heavy atom. The number of benzene rings is 2. The van der Waals surface area contributed by atoms with Gasteiger partial charge in [0.25, 0.3) is 0 Å². The van der Waals surface area contributed by atoms with E-state index in [9.17, 15) is 8.42 Å². The molecular weight excluding hydrogens is 410 g/mol. The van der Waals surface area contributed by atoms with Crippen LogP contribution in [0, 0.1) is 0 Å². The van der Waals surface area contributed by atoms with E-state index in [2.05, 4.69) is 9.71 Å². The number of aromatic nitrogens is 2. The third-order valence-electron chi connectivity index (χ3n) is 4.41. The third kappa shape index (κ3) is 4.98. The number of halogens is 1. The molecule has 1 aromatic heterocycles. The fourth-order valence-electron chi connectivity index (χ4n) is 2.91. The zero-order valence-corrected chi connectivity index (χ0v) is 18.0. The molecule has 0 spiro atoms. The predicted molar refractivity (Wildman–Crippen MR) is 115 cm³/mol. The summed E-state index contributed by atoms with van der Waals surface area (Å²) in [6.07, 6.45) is 3.35. The summed E-state index contributed by atoms with van der Waals surface area (Å²) in [6.45, 7) is 4.98. The molecule has 6 nitrogen and oxygen atoms in total. The SMILES string of the molecule is CCCCNS(=O)(=O)c1ccc(-n2cnc(Cl)c2-c2ccc(OCC)cc2)cc1. The van der Waals surface area contributed by atoms with Gasteiger partial charge in [-0.2, -0.15) is 0 Å². The smallest absolute Gasteiger partial charge is 0.240 e. The lowest BCUT2D eigenvalue weighted by Crippen LogP contribution is -2.24. The lowest BCUT2D eigenvalue weighted by atomic mass is 10.1. The van der Waals surface area contributed by atoms with E-state index in [4.69, 9.17) is 16.3 Å². The minimum absolute atomic E-state index is 0.228. The maximum absolute atomic E-state index is 12.4. The van der Waals surface area contributed by atoms with Gasteiger partial charge in [0.05, 0.1) is 17.2 Å². The first kappa shape index (κ1) is 21.4. The van der Waals surface area contributed by atoms with E-state index in [0.717, 1.165) is 35.5 Å². The molecule has 0 unspecified atom stereocenters. The summed E-state index contributed by atoms with van der Waals surface area (Å²) in [5.41, 5.74) is 2.38. The zero-order valence-electron chi connectivity index (χ0n) is 16.4. The van der Waals surface area contributed by atoms with Gasteiger partial charge in [0.1, 0.15) is 12.1 Å². The van der Waals surface area contributed by atoms with E-state index in [0.29, 0.717) is 18.3 Å². The van der Waals surface area contributed by atoms with Crippen molar-refractivity contribution in [3.63, 3.8) is 0 Å². The van der Waals surface area contributed by atoms with Gasteiger partial charge in [-0.15, -0.1) is 0 Å². The van der Waals surface area contributed by atoms with Gasteiger partial charge in [-0.25, -0.2) is 18.1 Å². The van der Waals surface area contributed by atoms with Gasteiger partial charge in [-0.1, -0.05) is 24.9 Å². The van der Waals surface area contributed by atoms with Crippen LogP contribution in [0.1, 0.15) is 26.7 Å². The highest BCUT2D eigenvalue weighted by Crippen LogP contribution is 2.31. The van der Waals surface area contributed by atoms with Crippen LogP contribution in [0.3, 0.4) is 0 Å². The molecule has 1 N–H and O–H groups in total. The van der Waals surface area contributed by atoms with Crippen molar-refractivity contribution in [2.75, 3.05) is 13.2 Å². The topological polar surface area (TPSA) is 73.2 Å². The standard InChI is InChI=1S/C21H24ClN3O3S/c1-3-5-14-24-29(26,27)19-12-8-17(9-13-19)25-15-23-21(22)20(25)16-6-10-18(11-7-16)28-4-2/h6-13,15,24H,3-5,14H2,1-2H3. The Kier molecular flexibility index (Phi) is 6.95. The summed E-state index contributed by atoms with van der Waals surface area (Å²) in [5.74, 6) is 0.781. The molecule has 0 aliphatic rings. The van der Waals surface area contributed by atoms with Crippen molar-refractivity contribution in [1.82, 2.24) is 14.3 Å². The van der Waals surface area contributed by atoms with Crippen molar-refractivity contribution in [1.29, 1.82) is 0 Å². The molecule has 0 amide bonds. The van der Waals surface area contributed by atoms with Gasteiger partial charge in [-0.05, 0) is 61.9 Å². The second-order valence-electron chi connectivity index (χ2n) is 6.46. The Balaban J connectivity index is 1.88. The molecule has 0 radical (unpaired) electrons. The molecule has 0 aliphatic carbocycles. The highest BCUT2D eigenvalue weighted by atomic mass is 35.5. The monoisotopic (exact) mass is 433 g/mol. The van der Waals surface area contributed by atoms with E-state index in [1.54, 1.807) is 30.6 Å². The van der Waals surface area contributed by atoms with Crippen LogP contribution in [-0.4, -0.2) is 31.1 Å². The number of nitrogens with zero attached hydrogens (tertiary/aromatic N) is 2. The van der Waals surface area contributed by atoms with Crippen LogP contribution in [0.5, 0.6) is 5.75 Å². The van der Waals surface area contributed by atoms with E-state index in [-0.39, 0.29) is 4.90 Å². The number of unbranched alkanes of at least 4 members (excludes halogenated alkanes) is 1. The first-order valence-electron chi connectivity index (χ1n) is 9.52. The Bertz CT molecular complexity index is 1050. The van der Waals surface area contributed by atoms with Crippen LogP contribution in [0.2, 0.25) is 5.15 Å². The predicted octanol–water partition coefficient (Wildman–Crippen LogP) is 4.67. The summed E-state index contributed by atoms with van der Waals surface area (Å²) >= 11 is 6.34. The number of nitrogens with one attached hydrogen (secondary N) is 1. The van der Waals surface area contributed by atoms with Gasteiger partial charge in [0, 0.05) is 17.8 Å². The van der Waals surface area contributed by atoms with Crippen molar-refractivity contribution in [3.8, 4) is 22.7 Å². The number of hydrogen-bond acceptors (Lipinski definition) is 4. The van der Waals surface area contributed by atoms with Gasteiger partial charge in [0.2, 0.25) is 10.0 Å². The Labute approximate surface area is 176 Å². The number of hydrogen-bond donors (Lipinski definition) is 1. The summed E-state index contributed by atoms with van der Waals surface area (Å²) < 4.78 is 34.7. The molecule has 0 aliphatic heterocycles. The summed E-state index contributed by atoms with van der Waals surface area (Å²) in [5, 5.41) is 0.368. The molecule has 0 saturated heterocycles. The maximum Gasteiger partial charge on any atom is 0.240 e. The molecule has 3 rings (SSSR count). The molecular formula is C21H24ClN3O3S. The van der Waals surface area contributed by atoms with Gasteiger partial charge < -0.3 is 4.74 Å². The molecule has 2 aromatic carbocycles. The average molecular weight is 434 g/mol. The largest absolute Gasteiger partial charge is 0.494 e. The lowest BCUT2D eigenvalue weighted by Gasteiger charge is -2.11. The van der Waals surface area contributed by atoms with Gasteiger partial charge in [-0.3, -0.25) is 4.57 Å². The first-order chi connectivity index (χ1) is 14.0. The molecule has 0 saturated carbocycles. The number of imidazole rings is 1. The molecule has 3 aromatic rings. The number of rotatable bonds is 9. The van der Waals surface area contributed by atoms with Crippen molar-refractivity contribution >= 4 is 21.6 Å². The average Bonchev–Trinajstić information content (AvgIpc) is 3.10. The quantitative estimate of drug-likeness (QED) is 0.497. The summed E-state index contributed by atoms with van der Waals surface area (Å²) in [6, 6.07) is 14.2. The van der Waals surface area contributed by atoms with Crippen molar-refractivity contribution in [3.05, 3.63) is 60.0 Å². The highest BCUT2D eigenvalue weighted by molar-refractivity contribution is 7.89. The maximum atomic E-state index is 12.4.